The van der Waals surface area contributed by atoms with E-state index in [1.54, 1.807) is 12.4 Å². The van der Waals surface area contributed by atoms with E-state index in [-0.39, 0.29) is 6.42 Å². The number of alkyl halides is 3. The Labute approximate surface area is 67.8 Å². The number of nitrogens with one attached hydrogen (secondary N) is 1. The zero-order valence-corrected chi connectivity index (χ0v) is 6.57. The van der Waals surface area contributed by atoms with E-state index < -0.39 is 18.7 Å². The molecule has 0 fully saturated rings. The molecule has 1 N–H and O–H groups in total. The molecule has 1 amide bonds. The molecular weight excluding hydrogens is 175 g/mol. The third kappa shape index (κ3) is 7.33. The van der Waals surface area contributed by atoms with Gasteiger partial charge in [0.1, 0.15) is 0 Å². The third-order valence-corrected chi connectivity index (χ3v) is 0.899. The van der Waals surface area contributed by atoms with Crippen molar-refractivity contribution < 1.29 is 22.8 Å². The predicted molar refractivity (Wildman–Crippen MR) is 35.1 cm³/mol. The lowest BCUT2D eigenvalue weighted by Crippen LogP contribution is -2.29. The molecule has 0 heterocycles. The summed E-state index contributed by atoms with van der Waals surface area (Å²) in [6, 6.07) is 0. The van der Waals surface area contributed by atoms with Crippen molar-refractivity contribution in [3.8, 4) is 0 Å². The fraction of sp³-hybridized carbons (Fsp3) is 0.833. The van der Waals surface area contributed by atoms with E-state index in [4.69, 9.17) is 0 Å². The number of hydroxylamine groups is 1. The zero-order valence-electron chi connectivity index (χ0n) is 6.57. The molecule has 6 heteroatoms. The molecule has 0 unspecified atom stereocenters. The molecule has 0 bridgehead atoms. The van der Waals surface area contributed by atoms with Crippen LogP contribution in [0.1, 0.15) is 19.8 Å². The molecule has 0 aromatic carbocycles. The first-order valence-corrected chi connectivity index (χ1v) is 3.43. The molecule has 0 atom stereocenters. The summed E-state index contributed by atoms with van der Waals surface area (Å²) >= 11 is 0. The van der Waals surface area contributed by atoms with Gasteiger partial charge in [0.25, 0.3) is 0 Å². The van der Waals surface area contributed by atoms with Gasteiger partial charge in [0.2, 0.25) is 5.91 Å². The normalized spacial score (nSPS) is 11.3. The van der Waals surface area contributed by atoms with Crippen LogP contribution in [-0.2, 0) is 9.63 Å². The molecule has 3 nitrogen and oxygen atoms in total. The summed E-state index contributed by atoms with van der Waals surface area (Å²) in [5.41, 5.74) is 1.68. The summed E-state index contributed by atoms with van der Waals surface area (Å²) in [5, 5.41) is 0. The second-order valence-corrected chi connectivity index (χ2v) is 2.18. The van der Waals surface area contributed by atoms with Crippen molar-refractivity contribution in [1.82, 2.24) is 5.48 Å². The predicted octanol–water partition coefficient (Wildman–Crippen LogP) is 1.40. The zero-order chi connectivity index (χ0) is 9.61. The lowest BCUT2D eigenvalue weighted by atomic mass is 10.3. The van der Waals surface area contributed by atoms with Gasteiger partial charge in [0.15, 0.2) is 6.61 Å². The lowest BCUT2D eigenvalue weighted by molar-refractivity contribution is -0.191. The summed E-state index contributed by atoms with van der Waals surface area (Å²) in [6.07, 6.45) is -3.67. The van der Waals surface area contributed by atoms with E-state index in [9.17, 15) is 18.0 Å². The smallest absolute Gasteiger partial charge is 0.273 e. The monoisotopic (exact) mass is 185 g/mol. The Morgan fingerprint density at radius 2 is 2.08 bits per heavy atom. The highest BCUT2D eigenvalue weighted by Crippen LogP contribution is 2.13. The molecule has 0 aliphatic heterocycles. The molecule has 0 spiro atoms. The van der Waals surface area contributed by atoms with Crippen molar-refractivity contribution in [3.05, 3.63) is 0 Å². The van der Waals surface area contributed by atoms with Crippen LogP contribution in [0.4, 0.5) is 13.2 Å². The van der Waals surface area contributed by atoms with E-state index in [1.165, 1.54) is 0 Å². The molecule has 0 rings (SSSR count). The van der Waals surface area contributed by atoms with Crippen molar-refractivity contribution in [1.29, 1.82) is 0 Å². The number of hydrogen-bond acceptors (Lipinski definition) is 2. The number of carbonyl (C=O) groups is 1. The maximum absolute atomic E-state index is 11.4. The standard InChI is InChI=1S/C6H10F3NO2/c1-2-3-5(11)10-12-4-6(7,8)9/h2-4H2,1H3,(H,10,11). The van der Waals surface area contributed by atoms with Crippen LogP contribution in [0.15, 0.2) is 0 Å². The maximum atomic E-state index is 11.4. The molecule has 0 saturated carbocycles. The average Bonchev–Trinajstić information content (AvgIpc) is 1.84. The van der Waals surface area contributed by atoms with Gasteiger partial charge in [-0.3, -0.25) is 9.63 Å². The Kier molecular flexibility index (Phi) is 4.65. The quantitative estimate of drug-likeness (QED) is 0.672. The van der Waals surface area contributed by atoms with E-state index in [0.29, 0.717) is 6.42 Å². The van der Waals surface area contributed by atoms with Gasteiger partial charge in [-0.2, -0.15) is 13.2 Å². The molecule has 0 aromatic rings. The number of amides is 1. The van der Waals surface area contributed by atoms with Crippen LogP contribution in [0.3, 0.4) is 0 Å². The number of hydrogen-bond donors (Lipinski definition) is 1. The van der Waals surface area contributed by atoms with Crippen molar-refractivity contribution in [3.63, 3.8) is 0 Å². The molecule has 0 aromatic heterocycles. The van der Waals surface area contributed by atoms with E-state index in [1.807, 2.05) is 0 Å². The van der Waals surface area contributed by atoms with Crippen LogP contribution in [0, 0.1) is 0 Å². The lowest BCUT2D eigenvalue weighted by Gasteiger charge is -2.07. The minimum Gasteiger partial charge on any atom is -0.273 e. The van der Waals surface area contributed by atoms with E-state index in [2.05, 4.69) is 4.84 Å². The van der Waals surface area contributed by atoms with Crippen LogP contribution >= 0.6 is 0 Å². The van der Waals surface area contributed by atoms with Crippen molar-refractivity contribution >= 4 is 5.91 Å². The first kappa shape index (κ1) is 11.2. The Balaban J connectivity index is 3.37. The second kappa shape index (κ2) is 4.97. The first-order valence-electron chi connectivity index (χ1n) is 3.43. The van der Waals surface area contributed by atoms with Gasteiger partial charge in [-0.05, 0) is 6.42 Å². The average molecular weight is 185 g/mol. The number of carbonyl (C=O) groups excluding carboxylic acids is 1. The fourth-order valence-electron chi connectivity index (χ4n) is 0.477. The Bertz CT molecular complexity index is 146. The highest BCUT2D eigenvalue weighted by atomic mass is 19.4. The molecule has 0 saturated heterocycles. The summed E-state index contributed by atoms with van der Waals surface area (Å²) in [6.45, 7) is 0.284. The van der Waals surface area contributed by atoms with Gasteiger partial charge < -0.3 is 0 Å². The summed E-state index contributed by atoms with van der Waals surface area (Å²) in [7, 11) is 0. The van der Waals surface area contributed by atoms with Crippen molar-refractivity contribution in [2.75, 3.05) is 6.61 Å². The summed E-state index contributed by atoms with van der Waals surface area (Å²) in [4.78, 5) is 14.4. The fourth-order valence-corrected chi connectivity index (χ4v) is 0.477. The summed E-state index contributed by atoms with van der Waals surface area (Å²) < 4.78 is 34.2. The van der Waals surface area contributed by atoms with Gasteiger partial charge in [-0.25, -0.2) is 5.48 Å². The second-order valence-electron chi connectivity index (χ2n) is 2.18. The SMILES string of the molecule is CCCC(=O)NOCC(F)(F)F. The van der Waals surface area contributed by atoms with E-state index >= 15 is 0 Å². The van der Waals surface area contributed by atoms with Gasteiger partial charge in [0.05, 0.1) is 0 Å². The Morgan fingerprint density at radius 1 is 1.50 bits per heavy atom. The Morgan fingerprint density at radius 3 is 2.50 bits per heavy atom. The summed E-state index contributed by atoms with van der Waals surface area (Å²) in [5.74, 6) is -0.540. The molecule has 0 aliphatic carbocycles. The molecule has 72 valence electrons. The van der Waals surface area contributed by atoms with Crippen molar-refractivity contribution in [2.24, 2.45) is 0 Å². The minimum atomic E-state index is -4.40. The van der Waals surface area contributed by atoms with Crippen LogP contribution in [-0.4, -0.2) is 18.7 Å². The van der Waals surface area contributed by atoms with Crippen LogP contribution in [0.2, 0.25) is 0 Å². The minimum absolute atomic E-state index is 0.165. The Hall–Kier alpha value is -0.780. The van der Waals surface area contributed by atoms with Gasteiger partial charge in [0, 0.05) is 6.42 Å². The molecular formula is C6H10F3NO2. The van der Waals surface area contributed by atoms with Gasteiger partial charge in [-0.1, -0.05) is 6.92 Å². The molecule has 0 radical (unpaired) electrons. The third-order valence-electron chi connectivity index (χ3n) is 0.899. The van der Waals surface area contributed by atoms with Crippen LogP contribution in [0.5, 0.6) is 0 Å². The largest absolute Gasteiger partial charge is 0.414 e. The number of halogens is 3. The van der Waals surface area contributed by atoms with Crippen molar-refractivity contribution in [2.45, 2.75) is 25.9 Å². The van der Waals surface area contributed by atoms with Crippen LogP contribution < -0.4 is 5.48 Å². The number of rotatable bonds is 4. The van der Waals surface area contributed by atoms with Gasteiger partial charge in [-0.15, -0.1) is 0 Å². The van der Waals surface area contributed by atoms with Gasteiger partial charge >= 0.3 is 6.18 Å². The van der Waals surface area contributed by atoms with E-state index in [0.717, 1.165) is 0 Å². The maximum Gasteiger partial charge on any atom is 0.414 e. The highest BCUT2D eigenvalue weighted by molar-refractivity contribution is 5.74. The first-order chi connectivity index (χ1) is 5.45. The topological polar surface area (TPSA) is 38.3 Å². The molecule has 0 aliphatic rings. The highest BCUT2D eigenvalue weighted by Gasteiger charge is 2.28. The van der Waals surface area contributed by atoms with Crippen LogP contribution in [0.25, 0.3) is 0 Å². The molecule has 12 heavy (non-hydrogen) atoms.